The van der Waals surface area contributed by atoms with Gasteiger partial charge in [-0.3, -0.25) is 0 Å². The highest BCUT2D eigenvalue weighted by Crippen LogP contribution is 2.28. The number of hydrogen-bond donors (Lipinski definition) is 1. The molecule has 2 fully saturated rings. The number of amides is 2. The molecule has 1 saturated heterocycles. The second-order valence-corrected chi connectivity index (χ2v) is 7.02. The van der Waals surface area contributed by atoms with Crippen LogP contribution < -0.4 is 5.32 Å². The molecule has 1 aromatic heterocycles. The number of aryl methyl sites for hydroxylation is 1. The van der Waals surface area contributed by atoms with Gasteiger partial charge in [0.25, 0.3) is 0 Å². The molecule has 21 heavy (non-hydrogen) atoms. The maximum atomic E-state index is 12.4. The lowest BCUT2D eigenvalue weighted by Gasteiger charge is -2.25. The van der Waals surface area contributed by atoms with Gasteiger partial charge in [-0.05, 0) is 26.2 Å². The normalized spacial score (nSPS) is 21.5. The first-order chi connectivity index (χ1) is 10.2. The third-order valence-electron chi connectivity index (χ3n) is 4.05. The zero-order chi connectivity index (χ0) is 14.7. The Morgan fingerprint density at radius 1 is 1.52 bits per heavy atom. The maximum absolute atomic E-state index is 12.4. The number of carbonyl (C=O) groups excluding carboxylic acids is 1. The molecule has 1 aromatic rings. The van der Waals surface area contributed by atoms with Crippen molar-refractivity contribution >= 4 is 17.4 Å². The minimum atomic E-state index is 0.0800. The monoisotopic (exact) mass is 309 g/mol. The van der Waals surface area contributed by atoms with Crippen LogP contribution in [-0.2, 0) is 11.2 Å². The van der Waals surface area contributed by atoms with E-state index in [1.165, 1.54) is 0 Å². The summed E-state index contributed by atoms with van der Waals surface area (Å²) < 4.78 is 5.41. The average molecular weight is 309 g/mol. The van der Waals surface area contributed by atoms with E-state index in [4.69, 9.17) is 4.74 Å². The van der Waals surface area contributed by atoms with Crippen molar-refractivity contribution < 1.29 is 9.53 Å². The number of urea groups is 1. The second-order valence-electron chi connectivity index (χ2n) is 5.95. The Balaban J connectivity index is 1.45. The molecule has 1 saturated carbocycles. The van der Waals surface area contributed by atoms with Gasteiger partial charge in [-0.1, -0.05) is 0 Å². The fourth-order valence-electron chi connectivity index (χ4n) is 2.71. The molecule has 0 unspecified atom stereocenters. The maximum Gasteiger partial charge on any atom is 0.317 e. The van der Waals surface area contributed by atoms with E-state index in [1.54, 1.807) is 11.3 Å². The average Bonchev–Trinajstić information content (AvgIpc) is 3.01. The lowest BCUT2D eigenvalue weighted by molar-refractivity contribution is 0.162. The van der Waals surface area contributed by atoms with Crippen LogP contribution in [0.2, 0.25) is 0 Å². The highest BCUT2D eigenvalue weighted by atomic mass is 32.1. The lowest BCUT2D eigenvalue weighted by atomic mass is 10.1. The van der Waals surface area contributed by atoms with Crippen molar-refractivity contribution in [3.05, 3.63) is 16.1 Å². The molecule has 3 rings (SSSR count). The summed E-state index contributed by atoms with van der Waals surface area (Å²) in [5.41, 5.74) is 1.07. The summed E-state index contributed by atoms with van der Waals surface area (Å²) in [5.74, 6) is 0.512. The van der Waals surface area contributed by atoms with Gasteiger partial charge >= 0.3 is 6.03 Å². The van der Waals surface area contributed by atoms with E-state index in [0.717, 1.165) is 56.1 Å². The predicted octanol–water partition coefficient (Wildman–Crippen LogP) is 2.20. The molecule has 1 atom stereocenters. The summed E-state index contributed by atoms with van der Waals surface area (Å²) in [6.45, 7) is 5.15. The first-order valence-corrected chi connectivity index (χ1v) is 8.63. The van der Waals surface area contributed by atoms with Crippen molar-refractivity contribution in [3.63, 3.8) is 0 Å². The number of ether oxygens (including phenoxy) is 1. The molecule has 0 aromatic carbocycles. The summed E-state index contributed by atoms with van der Waals surface area (Å²) in [6.07, 6.45) is 4.17. The number of nitrogens with zero attached hydrogens (tertiary/aromatic N) is 2. The Labute approximate surface area is 129 Å². The molecule has 1 aliphatic carbocycles. The summed E-state index contributed by atoms with van der Waals surface area (Å²) in [4.78, 5) is 18.8. The standard InChI is InChI=1S/C15H23N3O2S/c1-11-17-13(10-21-11)4-6-16-15(19)18(14-2-3-14)8-12-5-7-20-9-12/h10,12,14H,2-9H2,1H3,(H,16,19)/t12-/m0/s1. The van der Waals surface area contributed by atoms with Gasteiger partial charge in [-0.2, -0.15) is 0 Å². The molecular weight excluding hydrogens is 286 g/mol. The van der Waals surface area contributed by atoms with E-state index in [-0.39, 0.29) is 6.03 Å². The molecule has 2 heterocycles. The quantitative estimate of drug-likeness (QED) is 0.876. The minimum absolute atomic E-state index is 0.0800. The van der Waals surface area contributed by atoms with Gasteiger partial charge in [-0.15, -0.1) is 11.3 Å². The van der Waals surface area contributed by atoms with E-state index in [0.29, 0.717) is 18.5 Å². The van der Waals surface area contributed by atoms with Gasteiger partial charge < -0.3 is 15.0 Å². The second kappa shape index (κ2) is 6.75. The molecule has 1 aliphatic heterocycles. The van der Waals surface area contributed by atoms with Crippen LogP contribution in [0.1, 0.15) is 30.0 Å². The van der Waals surface area contributed by atoms with Crippen molar-refractivity contribution in [1.29, 1.82) is 0 Å². The molecule has 6 heteroatoms. The third-order valence-corrected chi connectivity index (χ3v) is 4.87. The molecule has 0 spiro atoms. The van der Waals surface area contributed by atoms with Gasteiger partial charge in [0.2, 0.25) is 0 Å². The van der Waals surface area contributed by atoms with Crippen LogP contribution in [0.5, 0.6) is 0 Å². The predicted molar refractivity (Wildman–Crippen MR) is 82.6 cm³/mol. The Bertz CT molecular complexity index is 481. The van der Waals surface area contributed by atoms with Crippen molar-refractivity contribution in [2.75, 3.05) is 26.3 Å². The first-order valence-electron chi connectivity index (χ1n) is 7.75. The Morgan fingerprint density at radius 2 is 2.38 bits per heavy atom. The zero-order valence-corrected chi connectivity index (χ0v) is 13.3. The fourth-order valence-corrected chi connectivity index (χ4v) is 3.36. The molecular formula is C15H23N3O2S. The number of thiazole rings is 1. The highest BCUT2D eigenvalue weighted by Gasteiger charge is 2.34. The smallest absolute Gasteiger partial charge is 0.317 e. The molecule has 0 bridgehead atoms. The number of carbonyl (C=O) groups is 1. The van der Waals surface area contributed by atoms with Gasteiger partial charge in [0, 0.05) is 43.5 Å². The van der Waals surface area contributed by atoms with Crippen LogP contribution >= 0.6 is 11.3 Å². The third kappa shape index (κ3) is 4.17. The van der Waals surface area contributed by atoms with Crippen LogP contribution in [0.15, 0.2) is 5.38 Å². The summed E-state index contributed by atoms with van der Waals surface area (Å²) >= 11 is 1.66. The van der Waals surface area contributed by atoms with Gasteiger partial charge in [0.15, 0.2) is 0 Å². The fraction of sp³-hybridized carbons (Fsp3) is 0.733. The molecule has 116 valence electrons. The minimum Gasteiger partial charge on any atom is -0.381 e. The Hall–Kier alpha value is -1.14. The van der Waals surface area contributed by atoms with Crippen molar-refractivity contribution in [2.45, 2.75) is 38.6 Å². The summed E-state index contributed by atoms with van der Waals surface area (Å²) in [6, 6.07) is 0.531. The number of nitrogens with one attached hydrogen (secondary N) is 1. The number of rotatable bonds is 6. The van der Waals surface area contributed by atoms with E-state index in [1.807, 2.05) is 11.8 Å². The number of hydrogen-bond acceptors (Lipinski definition) is 4. The highest BCUT2D eigenvalue weighted by molar-refractivity contribution is 7.09. The molecule has 5 nitrogen and oxygen atoms in total. The lowest BCUT2D eigenvalue weighted by Crippen LogP contribution is -2.44. The number of aromatic nitrogens is 1. The van der Waals surface area contributed by atoms with Gasteiger partial charge in [0.1, 0.15) is 0 Å². The molecule has 1 N–H and O–H groups in total. The first kappa shape index (κ1) is 14.8. The summed E-state index contributed by atoms with van der Waals surface area (Å²) in [5, 5.41) is 6.19. The zero-order valence-electron chi connectivity index (χ0n) is 12.5. The van der Waals surface area contributed by atoms with Gasteiger partial charge in [0.05, 0.1) is 17.3 Å². The van der Waals surface area contributed by atoms with E-state index >= 15 is 0 Å². The van der Waals surface area contributed by atoms with Crippen molar-refractivity contribution in [1.82, 2.24) is 15.2 Å². The Kier molecular flexibility index (Phi) is 4.75. The van der Waals surface area contributed by atoms with Crippen LogP contribution in [0.4, 0.5) is 4.79 Å². The largest absolute Gasteiger partial charge is 0.381 e. The molecule has 0 radical (unpaired) electrons. The van der Waals surface area contributed by atoms with Gasteiger partial charge in [-0.25, -0.2) is 9.78 Å². The van der Waals surface area contributed by atoms with Crippen LogP contribution in [0.25, 0.3) is 0 Å². The topological polar surface area (TPSA) is 54.5 Å². The van der Waals surface area contributed by atoms with Crippen molar-refractivity contribution in [2.24, 2.45) is 5.92 Å². The van der Waals surface area contributed by atoms with Crippen LogP contribution in [0.3, 0.4) is 0 Å². The summed E-state index contributed by atoms with van der Waals surface area (Å²) in [7, 11) is 0. The van der Waals surface area contributed by atoms with E-state index in [2.05, 4.69) is 15.7 Å². The van der Waals surface area contributed by atoms with Crippen molar-refractivity contribution in [3.8, 4) is 0 Å². The Morgan fingerprint density at radius 3 is 3.00 bits per heavy atom. The van der Waals surface area contributed by atoms with E-state index in [9.17, 15) is 4.79 Å². The van der Waals surface area contributed by atoms with Crippen LogP contribution in [-0.4, -0.2) is 48.3 Å². The molecule has 2 aliphatic rings. The SMILES string of the molecule is Cc1nc(CCNC(=O)N(C[C@@H]2CCOC2)C2CC2)cs1. The van der Waals surface area contributed by atoms with Crippen LogP contribution in [0, 0.1) is 12.8 Å². The van der Waals surface area contributed by atoms with E-state index < -0.39 is 0 Å². The molecule has 2 amide bonds.